The lowest BCUT2D eigenvalue weighted by Gasteiger charge is -2.13. The van der Waals surface area contributed by atoms with Crippen LogP contribution in [0.2, 0.25) is 0 Å². The van der Waals surface area contributed by atoms with Gasteiger partial charge in [-0.05, 0) is 42.0 Å². The molecule has 1 unspecified atom stereocenters. The van der Waals surface area contributed by atoms with Gasteiger partial charge in [0.25, 0.3) is 0 Å². The van der Waals surface area contributed by atoms with Gasteiger partial charge in [0.15, 0.2) is 0 Å². The summed E-state index contributed by atoms with van der Waals surface area (Å²) < 4.78 is 18.6. The van der Waals surface area contributed by atoms with E-state index in [-0.39, 0.29) is 12.4 Å². The van der Waals surface area contributed by atoms with Crippen molar-refractivity contribution < 1.29 is 19.0 Å². The fraction of sp³-hybridized carbons (Fsp3) is 0.100. The normalized spacial score (nSPS) is 11.5. The van der Waals surface area contributed by atoms with Gasteiger partial charge in [-0.3, -0.25) is 4.98 Å². The minimum atomic E-state index is -0.933. The predicted octanol–water partition coefficient (Wildman–Crippen LogP) is 3.87. The van der Waals surface area contributed by atoms with Gasteiger partial charge >= 0.3 is 6.03 Å². The van der Waals surface area contributed by atoms with Crippen molar-refractivity contribution in [2.45, 2.75) is 6.10 Å². The first-order chi connectivity index (χ1) is 13.1. The van der Waals surface area contributed by atoms with Crippen molar-refractivity contribution in [1.82, 2.24) is 10.3 Å². The van der Waals surface area contributed by atoms with E-state index in [9.17, 15) is 14.3 Å². The fourth-order valence-corrected chi connectivity index (χ4v) is 2.35. The number of aromatic nitrogens is 1. The molecule has 3 rings (SSSR count). The molecule has 2 aromatic carbocycles. The fourth-order valence-electron chi connectivity index (χ4n) is 2.35. The van der Waals surface area contributed by atoms with E-state index < -0.39 is 12.1 Å². The van der Waals surface area contributed by atoms with Crippen molar-refractivity contribution >= 4 is 11.7 Å². The van der Waals surface area contributed by atoms with Crippen molar-refractivity contribution in [3.63, 3.8) is 0 Å². The lowest BCUT2D eigenvalue weighted by Crippen LogP contribution is -2.32. The van der Waals surface area contributed by atoms with Crippen molar-refractivity contribution in [3.8, 4) is 11.5 Å². The molecule has 27 heavy (non-hydrogen) atoms. The molecule has 0 radical (unpaired) electrons. The maximum Gasteiger partial charge on any atom is 0.319 e. The standard InChI is InChI=1S/C20H18FN3O3/c21-15-6-4-14(5-7-15)19(25)13-23-20(26)24-16-2-1-3-18(12-16)27-17-8-10-22-11-9-17/h1-12,19,25H,13H2,(H2,23,24,26). The summed E-state index contributed by atoms with van der Waals surface area (Å²) in [6.45, 7) is -0.00925. The van der Waals surface area contributed by atoms with Crippen LogP contribution in [0.15, 0.2) is 73.1 Å². The Hall–Kier alpha value is -3.45. The van der Waals surface area contributed by atoms with E-state index in [0.717, 1.165) is 0 Å². The SMILES string of the molecule is O=C(NCC(O)c1ccc(F)cc1)Nc1cccc(Oc2ccncc2)c1. The second-order valence-electron chi connectivity index (χ2n) is 5.72. The van der Waals surface area contributed by atoms with Crippen LogP contribution in [-0.4, -0.2) is 22.7 Å². The number of amides is 2. The van der Waals surface area contributed by atoms with Crippen LogP contribution < -0.4 is 15.4 Å². The summed E-state index contributed by atoms with van der Waals surface area (Å²) in [5.41, 5.74) is 1.06. The summed E-state index contributed by atoms with van der Waals surface area (Å²) in [7, 11) is 0. The number of nitrogens with zero attached hydrogens (tertiary/aromatic N) is 1. The van der Waals surface area contributed by atoms with Crippen LogP contribution in [0.5, 0.6) is 11.5 Å². The molecule has 0 aliphatic carbocycles. The van der Waals surface area contributed by atoms with E-state index in [1.807, 2.05) is 0 Å². The number of urea groups is 1. The average Bonchev–Trinajstić information content (AvgIpc) is 2.68. The first kappa shape index (κ1) is 18.3. The van der Waals surface area contributed by atoms with Gasteiger partial charge in [-0.15, -0.1) is 0 Å². The Labute approximate surface area is 155 Å². The van der Waals surface area contributed by atoms with Gasteiger partial charge in [0, 0.05) is 30.7 Å². The molecular formula is C20H18FN3O3. The Morgan fingerprint density at radius 2 is 1.81 bits per heavy atom. The molecule has 138 valence electrons. The van der Waals surface area contributed by atoms with Crippen LogP contribution in [0.1, 0.15) is 11.7 Å². The molecule has 1 aromatic heterocycles. The smallest absolute Gasteiger partial charge is 0.319 e. The summed E-state index contributed by atoms with van der Waals surface area (Å²) in [5.74, 6) is 0.810. The zero-order valence-electron chi connectivity index (χ0n) is 14.3. The van der Waals surface area contributed by atoms with Crippen LogP contribution in [0.4, 0.5) is 14.9 Å². The number of carbonyl (C=O) groups excluding carboxylic acids is 1. The monoisotopic (exact) mass is 367 g/mol. The number of anilines is 1. The molecule has 3 aromatic rings. The van der Waals surface area contributed by atoms with Crippen LogP contribution in [0.25, 0.3) is 0 Å². The van der Waals surface area contributed by atoms with Crippen LogP contribution >= 0.6 is 0 Å². The first-order valence-corrected chi connectivity index (χ1v) is 8.26. The summed E-state index contributed by atoms with van der Waals surface area (Å²) in [5, 5.41) is 15.3. The van der Waals surface area contributed by atoms with E-state index >= 15 is 0 Å². The third kappa shape index (κ3) is 5.52. The topological polar surface area (TPSA) is 83.5 Å². The van der Waals surface area contributed by atoms with Gasteiger partial charge in [0.1, 0.15) is 17.3 Å². The zero-order chi connectivity index (χ0) is 19.1. The highest BCUT2D eigenvalue weighted by atomic mass is 19.1. The van der Waals surface area contributed by atoms with Crippen molar-refractivity contribution in [2.24, 2.45) is 0 Å². The minimum Gasteiger partial charge on any atom is -0.457 e. The van der Waals surface area contributed by atoms with Crippen LogP contribution in [0, 0.1) is 5.82 Å². The van der Waals surface area contributed by atoms with Gasteiger partial charge in [0.05, 0.1) is 6.10 Å². The third-order valence-corrected chi connectivity index (χ3v) is 3.69. The number of ether oxygens (including phenoxy) is 1. The van der Waals surface area contributed by atoms with Gasteiger partial charge in [-0.2, -0.15) is 0 Å². The highest BCUT2D eigenvalue weighted by molar-refractivity contribution is 5.89. The largest absolute Gasteiger partial charge is 0.457 e. The third-order valence-electron chi connectivity index (χ3n) is 3.69. The van der Waals surface area contributed by atoms with E-state index in [1.165, 1.54) is 24.3 Å². The summed E-state index contributed by atoms with van der Waals surface area (Å²) >= 11 is 0. The molecule has 2 amide bonds. The van der Waals surface area contributed by atoms with Crippen LogP contribution in [0.3, 0.4) is 0 Å². The number of carbonyl (C=O) groups is 1. The molecule has 7 heteroatoms. The number of aliphatic hydroxyl groups is 1. The molecule has 0 spiro atoms. The number of benzene rings is 2. The minimum absolute atomic E-state index is 0.00925. The molecule has 0 aliphatic heterocycles. The Bertz CT molecular complexity index is 888. The zero-order valence-corrected chi connectivity index (χ0v) is 14.3. The van der Waals surface area contributed by atoms with Gasteiger partial charge in [-0.25, -0.2) is 9.18 Å². The van der Waals surface area contributed by atoms with Crippen molar-refractivity contribution in [2.75, 3.05) is 11.9 Å². The van der Waals surface area contributed by atoms with Gasteiger partial charge in [-0.1, -0.05) is 18.2 Å². The van der Waals surface area contributed by atoms with Crippen LogP contribution in [-0.2, 0) is 0 Å². The molecule has 3 N–H and O–H groups in total. The number of rotatable bonds is 6. The van der Waals surface area contributed by atoms with E-state index in [0.29, 0.717) is 22.7 Å². The molecule has 6 nitrogen and oxygen atoms in total. The van der Waals surface area contributed by atoms with E-state index in [4.69, 9.17) is 4.74 Å². The maximum atomic E-state index is 12.9. The predicted molar refractivity (Wildman–Crippen MR) is 99.1 cm³/mol. The molecule has 1 heterocycles. The number of nitrogens with one attached hydrogen (secondary N) is 2. The molecule has 1 atom stereocenters. The van der Waals surface area contributed by atoms with Crippen molar-refractivity contribution in [1.29, 1.82) is 0 Å². The highest BCUT2D eigenvalue weighted by Gasteiger charge is 2.10. The number of halogens is 1. The quantitative estimate of drug-likeness (QED) is 0.618. The molecular weight excluding hydrogens is 349 g/mol. The Morgan fingerprint density at radius 1 is 1.07 bits per heavy atom. The summed E-state index contributed by atoms with van der Waals surface area (Å²) in [4.78, 5) is 15.9. The molecule has 0 fully saturated rings. The van der Waals surface area contributed by atoms with Gasteiger partial charge < -0.3 is 20.5 Å². The number of hydrogen-bond donors (Lipinski definition) is 3. The van der Waals surface area contributed by atoms with Gasteiger partial charge in [0.2, 0.25) is 0 Å². The molecule has 0 aliphatic rings. The number of hydrogen-bond acceptors (Lipinski definition) is 4. The summed E-state index contributed by atoms with van der Waals surface area (Å²) in [6, 6.07) is 15.3. The second-order valence-corrected chi connectivity index (χ2v) is 5.72. The number of aliphatic hydroxyl groups excluding tert-OH is 1. The first-order valence-electron chi connectivity index (χ1n) is 8.26. The maximum absolute atomic E-state index is 12.9. The Kier molecular flexibility index (Phi) is 5.96. The Balaban J connectivity index is 1.53. The molecule has 0 saturated heterocycles. The highest BCUT2D eigenvalue weighted by Crippen LogP contribution is 2.23. The second kappa shape index (κ2) is 8.77. The Morgan fingerprint density at radius 3 is 2.56 bits per heavy atom. The van der Waals surface area contributed by atoms with E-state index in [1.54, 1.807) is 48.8 Å². The van der Waals surface area contributed by atoms with E-state index in [2.05, 4.69) is 15.6 Å². The lowest BCUT2D eigenvalue weighted by atomic mass is 10.1. The average molecular weight is 367 g/mol. The molecule has 0 bridgehead atoms. The molecule has 0 saturated carbocycles. The summed E-state index contributed by atoms with van der Waals surface area (Å²) in [6.07, 6.45) is 2.31. The van der Waals surface area contributed by atoms with Crippen molar-refractivity contribution in [3.05, 3.63) is 84.4 Å². The lowest BCUT2D eigenvalue weighted by molar-refractivity contribution is 0.175. The number of pyridine rings is 1.